The van der Waals surface area contributed by atoms with Crippen molar-refractivity contribution >= 4 is 5.91 Å². The summed E-state index contributed by atoms with van der Waals surface area (Å²) < 4.78 is 5.40. The van der Waals surface area contributed by atoms with Crippen LogP contribution in [0.3, 0.4) is 0 Å². The van der Waals surface area contributed by atoms with Crippen molar-refractivity contribution in [3.8, 4) is 0 Å². The highest BCUT2D eigenvalue weighted by atomic mass is 16.5. The van der Waals surface area contributed by atoms with E-state index in [9.17, 15) is 4.79 Å². The first kappa shape index (κ1) is 11.9. The molecule has 0 saturated heterocycles. The lowest BCUT2D eigenvalue weighted by Crippen LogP contribution is -2.37. The second-order valence-electron chi connectivity index (χ2n) is 5.55. The lowest BCUT2D eigenvalue weighted by atomic mass is 10.3. The molecule has 0 aromatic carbocycles. The topological polar surface area (TPSA) is 29.5 Å². The predicted octanol–water partition coefficient (Wildman–Crippen LogP) is 2.06. The van der Waals surface area contributed by atoms with Crippen LogP contribution in [0.4, 0.5) is 0 Å². The first-order valence-electron chi connectivity index (χ1n) is 6.54. The van der Waals surface area contributed by atoms with E-state index < -0.39 is 0 Å². The summed E-state index contributed by atoms with van der Waals surface area (Å²) in [5.41, 5.74) is 0. The smallest absolute Gasteiger partial charge is 0.248 e. The van der Waals surface area contributed by atoms with Gasteiger partial charge in [0.05, 0.1) is 6.10 Å². The molecule has 0 radical (unpaired) electrons. The molecule has 0 N–H and O–H groups in total. The molecule has 0 bridgehead atoms. The minimum Gasteiger partial charge on any atom is -0.369 e. The molecule has 2 fully saturated rings. The Balaban J connectivity index is 1.75. The number of carbonyl (C=O) groups excluding carboxylic acids is 1. The Hall–Kier alpha value is -0.570. The molecule has 2 saturated carbocycles. The molecule has 16 heavy (non-hydrogen) atoms. The van der Waals surface area contributed by atoms with Gasteiger partial charge in [-0.15, -0.1) is 0 Å². The van der Waals surface area contributed by atoms with Crippen LogP contribution in [-0.2, 0) is 9.53 Å². The summed E-state index contributed by atoms with van der Waals surface area (Å²) in [5.74, 6) is 1.75. The molecule has 1 amide bonds. The number of carbonyl (C=O) groups is 1. The maximum Gasteiger partial charge on any atom is 0.248 e. The molecular formula is C13H23NO2. The fraction of sp³-hybridized carbons (Fsp3) is 0.923. The number of amides is 1. The molecule has 0 atom stereocenters. The third kappa shape index (κ3) is 4.12. The van der Waals surface area contributed by atoms with Crippen LogP contribution in [0, 0.1) is 11.8 Å². The van der Waals surface area contributed by atoms with Gasteiger partial charge in [-0.2, -0.15) is 0 Å². The molecule has 2 rings (SSSR count). The van der Waals surface area contributed by atoms with Gasteiger partial charge in [-0.25, -0.2) is 0 Å². The van der Waals surface area contributed by atoms with Crippen LogP contribution >= 0.6 is 0 Å². The Labute approximate surface area is 98.1 Å². The normalized spacial score (nSPS) is 20.2. The average molecular weight is 225 g/mol. The maximum absolute atomic E-state index is 12.0. The number of nitrogens with zero attached hydrogens (tertiary/aromatic N) is 1. The van der Waals surface area contributed by atoms with Gasteiger partial charge in [-0.1, -0.05) is 0 Å². The Kier molecular flexibility index (Phi) is 3.85. The largest absolute Gasteiger partial charge is 0.369 e. The van der Waals surface area contributed by atoms with Gasteiger partial charge < -0.3 is 9.64 Å². The lowest BCUT2D eigenvalue weighted by molar-refractivity contribution is -0.138. The van der Waals surface area contributed by atoms with Gasteiger partial charge in [-0.3, -0.25) is 4.79 Å². The lowest BCUT2D eigenvalue weighted by Gasteiger charge is -2.23. The molecule has 0 heterocycles. The van der Waals surface area contributed by atoms with Crippen molar-refractivity contribution in [2.75, 3.05) is 19.7 Å². The Morgan fingerprint density at radius 2 is 1.69 bits per heavy atom. The predicted molar refractivity (Wildman–Crippen MR) is 63.1 cm³/mol. The van der Waals surface area contributed by atoms with Crippen LogP contribution in [0.2, 0.25) is 0 Å². The number of hydrogen-bond donors (Lipinski definition) is 0. The molecule has 2 aliphatic rings. The van der Waals surface area contributed by atoms with Crippen molar-refractivity contribution in [3.05, 3.63) is 0 Å². The van der Waals surface area contributed by atoms with Crippen LogP contribution in [0.15, 0.2) is 0 Å². The summed E-state index contributed by atoms with van der Waals surface area (Å²) in [6.07, 6.45) is 5.37. The molecule has 3 heteroatoms. The minimum atomic E-state index is 0.146. The molecule has 0 unspecified atom stereocenters. The zero-order valence-electron chi connectivity index (χ0n) is 10.4. The van der Waals surface area contributed by atoms with Crippen molar-refractivity contribution in [2.24, 2.45) is 11.8 Å². The van der Waals surface area contributed by atoms with Gasteiger partial charge >= 0.3 is 0 Å². The number of rotatable bonds is 7. The fourth-order valence-electron chi connectivity index (χ4n) is 1.83. The van der Waals surface area contributed by atoms with Crippen LogP contribution < -0.4 is 0 Å². The molecular weight excluding hydrogens is 202 g/mol. The standard InChI is InChI=1S/C13H23NO2/c1-10(2)16-9-13(15)14(7-11-3-4-11)8-12-5-6-12/h10-12H,3-9H2,1-2H3. The van der Waals surface area contributed by atoms with E-state index in [0.717, 1.165) is 24.9 Å². The van der Waals surface area contributed by atoms with E-state index in [1.165, 1.54) is 25.7 Å². The highest BCUT2D eigenvalue weighted by Crippen LogP contribution is 2.33. The number of ether oxygens (including phenoxy) is 1. The quantitative estimate of drug-likeness (QED) is 0.663. The van der Waals surface area contributed by atoms with E-state index in [1.807, 2.05) is 18.7 Å². The SMILES string of the molecule is CC(C)OCC(=O)N(CC1CC1)CC1CC1. The first-order chi connectivity index (χ1) is 7.65. The third-order valence-corrected chi connectivity index (χ3v) is 3.24. The molecule has 92 valence electrons. The summed E-state index contributed by atoms with van der Waals surface area (Å²) in [7, 11) is 0. The van der Waals surface area contributed by atoms with Crippen molar-refractivity contribution in [1.82, 2.24) is 4.90 Å². The van der Waals surface area contributed by atoms with E-state index in [2.05, 4.69) is 0 Å². The molecule has 0 aromatic heterocycles. The zero-order chi connectivity index (χ0) is 11.5. The molecule has 0 spiro atoms. The van der Waals surface area contributed by atoms with Crippen LogP contribution in [0.25, 0.3) is 0 Å². The van der Waals surface area contributed by atoms with E-state index in [4.69, 9.17) is 4.74 Å². The van der Waals surface area contributed by atoms with E-state index in [1.54, 1.807) is 0 Å². The highest BCUT2D eigenvalue weighted by molar-refractivity contribution is 5.77. The summed E-state index contributed by atoms with van der Waals surface area (Å²) in [4.78, 5) is 14.0. The summed E-state index contributed by atoms with van der Waals surface area (Å²) in [6, 6.07) is 0. The monoisotopic (exact) mass is 225 g/mol. The second-order valence-corrected chi connectivity index (χ2v) is 5.55. The molecule has 0 aliphatic heterocycles. The van der Waals surface area contributed by atoms with Gasteiger partial charge in [0.2, 0.25) is 5.91 Å². The van der Waals surface area contributed by atoms with E-state index in [0.29, 0.717) is 0 Å². The molecule has 3 nitrogen and oxygen atoms in total. The Bertz CT molecular complexity index is 230. The minimum absolute atomic E-state index is 0.146. The van der Waals surface area contributed by atoms with E-state index >= 15 is 0 Å². The molecule has 0 aromatic rings. The van der Waals surface area contributed by atoms with Crippen LogP contribution in [0.5, 0.6) is 0 Å². The van der Waals surface area contributed by atoms with Crippen LogP contribution in [0.1, 0.15) is 39.5 Å². The third-order valence-electron chi connectivity index (χ3n) is 3.24. The molecule has 2 aliphatic carbocycles. The summed E-state index contributed by atoms with van der Waals surface area (Å²) in [5, 5.41) is 0. The first-order valence-corrected chi connectivity index (χ1v) is 6.54. The van der Waals surface area contributed by atoms with Crippen molar-refractivity contribution < 1.29 is 9.53 Å². The highest BCUT2D eigenvalue weighted by Gasteiger charge is 2.31. The summed E-state index contributed by atoms with van der Waals surface area (Å²) in [6.45, 7) is 6.14. The van der Waals surface area contributed by atoms with Gasteiger partial charge in [-0.05, 0) is 51.4 Å². The van der Waals surface area contributed by atoms with Crippen molar-refractivity contribution in [2.45, 2.75) is 45.6 Å². The maximum atomic E-state index is 12.0. The number of hydrogen-bond acceptors (Lipinski definition) is 2. The van der Waals surface area contributed by atoms with E-state index in [-0.39, 0.29) is 18.6 Å². The van der Waals surface area contributed by atoms with Crippen LogP contribution in [-0.4, -0.2) is 36.6 Å². The Morgan fingerprint density at radius 1 is 1.19 bits per heavy atom. The van der Waals surface area contributed by atoms with Gasteiger partial charge in [0.1, 0.15) is 6.61 Å². The van der Waals surface area contributed by atoms with Crippen molar-refractivity contribution in [3.63, 3.8) is 0 Å². The van der Waals surface area contributed by atoms with Gasteiger partial charge in [0, 0.05) is 13.1 Å². The van der Waals surface area contributed by atoms with Gasteiger partial charge in [0.25, 0.3) is 0 Å². The summed E-state index contributed by atoms with van der Waals surface area (Å²) >= 11 is 0. The Morgan fingerprint density at radius 3 is 2.06 bits per heavy atom. The fourth-order valence-corrected chi connectivity index (χ4v) is 1.83. The zero-order valence-corrected chi connectivity index (χ0v) is 10.4. The van der Waals surface area contributed by atoms with Crippen molar-refractivity contribution in [1.29, 1.82) is 0 Å². The second kappa shape index (κ2) is 5.17. The average Bonchev–Trinajstić information content (AvgIpc) is 3.06. The van der Waals surface area contributed by atoms with Gasteiger partial charge in [0.15, 0.2) is 0 Å².